The lowest BCUT2D eigenvalue weighted by Crippen LogP contribution is -2.33. The van der Waals surface area contributed by atoms with Crippen molar-refractivity contribution in [3.63, 3.8) is 0 Å². The Kier molecular flexibility index (Phi) is 7.26. The van der Waals surface area contributed by atoms with Crippen LogP contribution in [-0.2, 0) is 11.2 Å². The highest BCUT2D eigenvalue weighted by Crippen LogP contribution is 2.25. The summed E-state index contributed by atoms with van der Waals surface area (Å²) in [5.74, 6) is -0.563. The number of phenols is 1. The number of aliphatic carboxylic acids is 1. The number of nitrogens with one attached hydrogen (secondary N) is 1. The summed E-state index contributed by atoms with van der Waals surface area (Å²) >= 11 is 6.10. The molecule has 2 rings (SSSR count). The lowest BCUT2D eigenvalue weighted by molar-refractivity contribution is -0.139. The fourth-order valence-electron chi connectivity index (χ4n) is 2.47. The van der Waals surface area contributed by atoms with Gasteiger partial charge >= 0.3 is 5.97 Å². The van der Waals surface area contributed by atoms with Crippen molar-refractivity contribution in [3.05, 3.63) is 58.6 Å². The molecule has 0 aliphatic rings. The van der Waals surface area contributed by atoms with Crippen molar-refractivity contribution in [2.45, 2.75) is 25.5 Å². The number of rotatable bonds is 9. The summed E-state index contributed by atoms with van der Waals surface area (Å²) in [5.41, 5.74) is 1.70. The molecular formula is C19H22ClNO5. The minimum Gasteiger partial charge on any atom is -0.508 e. The lowest BCUT2D eigenvalue weighted by atomic mass is 10.0. The molecule has 0 saturated heterocycles. The number of aliphatic hydroxyl groups is 1. The molecule has 2 aromatic carbocycles. The number of benzene rings is 2. The van der Waals surface area contributed by atoms with Crippen molar-refractivity contribution in [2.24, 2.45) is 0 Å². The Morgan fingerprint density at radius 1 is 1.23 bits per heavy atom. The molecule has 0 radical (unpaired) electrons. The summed E-state index contributed by atoms with van der Waals surface area (Å²) < 4.78 is 5.09. The smallest absolute Gasteiger partial charge is 0.341 e. The number of hydrogen-bond donors (Lipinski definition) is 4. The maximum absolute atomic E-state index is 10.5. The molecule has 0 aliphatic carbocycles. The zero-order valence-corrected chi connectivity index (χ0v) is 15.1. The molecule has 0 amide bonds. The topological polar surface area (TPSA) is 99.0 Å². The van der Waals surface area contributed by atoms with Crippen LogP contribution in [0, 0.1) is 0 Å². The second-order valence-electron chi connectivity index (χ2n) is 5.98. The van der Waals surface area contributed by atoms with Gasteiger partial charge in [0, 0.05) is 6.04 Å². The molecule has 7 heteroatoms. The number of hydrogen-bond acceptors (Lipinski definition) is 5. The van der Waals surface area contributed by atoms with Crippen LogP contribution in [0.5, 0.6) is 11.5 Å². The van der Waals surface area contributed by atoms with Gasteiger partial charge in [0.25, 0.3) is 0 Å². The molecule has 140 valence electrons. The van der Waals surface area contributed by atoms with Gasteiger partial charge in [-0.05, 0) is 55.3 Å². The predicted molar refractivity (Wildman–Crippen MR) is 98.8 cm³/mol. The molecule has 0 aromatic heterocycles. The number of carboxylic acids is 1. The molecule has 0 heterocycles. The van der Waals surface area contributed by atoms with Crippen LogP contribution in [0.15, 0.2) is 42.5 Å². The number of carboxylic acid groups (broad SMARTS) is 1. The van der Waals surface area contributed by atoms with E-state index in [0.29, 0.717) is 23.7 Å². The average molecular weight is 380 g/mol. The van der Waals surface area contributed by atoms with E-state index in [9.17, 15) is 15.0 Å². The van der Waals surface area contributed by atoms with Crippen LogP contribution in [0.4, 0.5) is 0 Å². The summed E-state index contributed by atoms with van der Waals surface area (Å²) in [7, 11) is 0. The summed E-state index contributed by atoms with van der Waals surface area (Å²) in [4.78, 5) is 10.5. The molecule has 2 atom stereocenters. The number of aliphatic hydroxyl groups excluding tert-OH is 1. The Balaban J connectivity index is 1.83. The van der Waals surface area contributed by atoms with Crippen LogP contribution < -0.4 is 10.1 Å². The van der Waals surface area contributed by atoms with Crippen LogP contribution >= 0.6 is 11.6 Å². The zero-order chi connectivity index (χ0) is 19.1. The van der Waals surface area contributed by atoms with E-state index in [1.807, 2.05) is 13.0 Å². The fraction of sp³-hybridized carbons (Fsp3) is 0.316. The molecule has 6 nitrogen and oxygen atoms in total. The molecule has 26 heavy (non-hydrogen) atoms. The summed E-state index contributed by atoms with van der Waals surface area (Å²) in [5, 5.41) is 31.9. The second kappa shape index (κ2) is 9.43. The van der Waals surface area contributed by atoms with Gasteiger partial charge in [-0.3, -0.25) is 0 Å². The van der Waals surface area contributed by atoms with Gasteiger partial charge in [0.2, 0.25) is 0 Å². The first-order valence-electron chi connectivity index (χ1n) is 8.20. The lowest BCUT2D eigenvalue weighted by Gasteiger charge is -2.21. The van der Waals surface area contributed by atoms with Gasteiger partial charge in [0.05, 0.1) is 11.1 Å². The van der Waals surface area contributed by atoms with Crippen LogP contribution in [-0.4, -0.2) is 40.5 Å². The molecule has 2 aromatic rings. The number of ether oxygens (including phenoxy) is 1. The minimum atomic E-state index is -1.06. The standard InChI is InChI=1S/C19H22ClNO5/c1-12(19(25)14-3-5-15(22)6-4-14)21-9-8-13-2-7-17(16(20)10-13)26-11-18(23)24/h2-7,10,12,19,21-22,25H,8-9,11H2,1H3,(H,23,24)/t12-,19+/m0/s1. The number of aromatic hydroxyl groups is 1. The first-order chi connectivity index (χ1) is 12.4. The van der Waals surface area contributed by atoms with E-state index in [-0.39, 0.29) is 11.8 Å². The molecule has 0 spiro atoms. The largest absolute Gasteiger partial charge is 0.508 e. The summed E-state index contributed by atoms with van der Waals surface area (Å²) in [6.45, 7) is 2.07. The van der Waals surface area contributed by atoms with Crippen LogP contribution in [0.25, 0.3) is 0 Å². The van der Waals surface area contributed by atoms with Crippen molar-refractivity contribution >= 4 is 17.6 Å². The van der Waals surface area contributed by atoms with Crippen LogP contribution in [0.3, 0.4) is 0 Å². The van der Waals surface area contributed by atoms with Gasteiger partial charge in [0.1, 0.15) is 11.5 Å². The van der Waals surface area contributed by atoms with Crippen molar-refractivity contribution < 1.29 is 24.9 Å². The van der Waals surface area contributed by atoms with Crippen molar-refractivity contribution in [2.75, 3.05) is 13.2 Å². The van der Waals surface area contributed by atoms with Crippen molar-refractivity contribution in [1.29, 1.82) is 0 Å². The molecule has 0 bridgehead atoms. The van der Waals surface area contributed by atoms with Gasteiger partial charge in [0.15, 0.2) is 6.61 Å². The SMILES string of the molecule is C[C@H](NCCc1ccc(OCC(=O)O)c(Cl)c1)[C@@H](O)c1ccc(O)cc1. The number of halogens is 1. The minimum absolute atomic E-state index is 0.161. The van der Waals surface area contributed by atoms with E-state index in [2.05, 4.69) is 5.32 Å². The highest BCUT2D eigenvalue weighted by atomic mass is 35.5. The van der Waals surface area contributed by atoms with E-state index >= 15 is 0 Å². The predicted octanol–water partition coefficient (Wildman–Crippen LogP) is 2.76. The van der Waals surface area contributed by atoms with E-state index in [0.717, 1.165) is 11.1 Å². The fourth-order valence-corrected chi connectivity index (χ4v) is 2.73. The maximum atomic E-state index is 10.5. The Labute approximate surface area is 157 Å². The van der Waals surface area contributed by atoms with Gasteiger partial charge in [-0.1, -0.05) is 29.8 Å². The molecule has 0 aliphatic heterocycles. The van der Waals surface area contributed by atoms with E-state index in [1.165, 1.54) is 0 Å². The normalized spacial score (nSPS) is 13.2. The molecule has 0 saturated carbocycles. The quantitative estimate of drug-likeness (QED) is 0.534. The highest BCUT2D eigenvalue weighted by molar-refractivity contribution is 6.32. The third kappa shape index (κ3) is 5.91. The highest BCUT2D eigenvalue weighted by Gasteiger charge is 2.15. The third-order valence-corrected chi connectivity index (χ3v) is 4.23. The van der Waals surface area contributed by atoms with E-state index in [4.69, 9.17) is 21.4 Å². The number of phenolic OH excluding ortho intramolecular Hbond substituents is 1. The summed E-state index contributed by atoms with van der Waals surface area (Å²) in [6, 6.07) is 11.5. The van der Waals surface area contributed by atoms with E-state index < -0.39 is 18.7 Å². The Hall–Kier alpha value is -2.28. The van der Waals surface area contributed by atoms with Gasteiger partial charge < -0.3 is 25.4 Å². The van der Waals surface area contributed by atoms with Gasteiger partial charge in [-0.25, -0.2) is 4.79 Å². The Bertz CT molecular complexity index is 735. The third-order valence-electron chi connectivity index (χ3n) is 3.94. The van der Waals surface area contributed by atoms with Gasteiger partial charge in [-0.15, -0.1) is 0 Å². The van der Waals surface area contributed by atoms with Gasteiger partial charge in [-0.2, -0.15) is 0 Å². The van der Waals surface area contributed by atoms with Crippen molar-refractivity contribution in [1.82, 2.24) is 5.32 Å². The van der Waals surface area contributed by atoms with E-state index in [1.54, 1.807) is 36.4 Å². The Morgan fingerprint density at radius 2 is 1.92 bits per heavy atom. The molecule has 4 N–H and O–H groups in total. The molecular weight excluding hydrogens is 358 g/mol. The monoisotopic (exact) mass is 379 g/mol. The average Bonchev–Trinajstić information content (AvgIpc) is 2.60. The van der Waals surface area contributed by atoms with Crippen LogP contribution in [0.2, 0.25) is 5.02 Å². The first kappa shape index (κ1) is 20.0. The molecule has 0 fully saturated rings. The number of carbonyl (C=O) groups is 1. The van der Waals surface area contributed by atoms with Crippen molar-refractivity contribution in [3.8, 4) is 11.5 Å². The first-order valence-corrected chi connectivity index (χ1v) is 8.58. The second-order valence-corrected chi connectivity index (χ2v) is 6.38. The Morgan fingerprint density at radius 3 is 2.54 bits per heavy atom. The summed E-state index contributed by atoms with van der Waals surface area (Å²) in [6.07, 6.45) is -0.00283. The zero-order valence-electron chi connectivity index (χ0n) is 14.4. The molecule has 0 unspecified atom stereocenters. The van der Waals surface area contributed by atoms with Crippen LogP contribution in [0.1, 0.15) is 24.2 Å². The maximum Gasteiger partial charge on any atom is 0.341 e.